The molecule has 44 heavy (non-hydrogen) atoms. The van der Waals surface area contributed by atoms with Gasteiger partial charge < -0.3 is 9.80 Å². The maximum absolute atomic E-state index is 10.2. The fourth-order valence-electron chi connectivity index (χ4n) is 5.16. The first-order chi connectivity index (χ1) is 21.4. The van der Waals surface area contributed by atoms with Crippen LogP contribution in [0.15, 0.2) is 121 Å². The van der Waals surface area contributed by atoms with E-state index in [0.29, 0.717) is 11.1 Å². The molecule has 0 bridgehead atoms. The highest BCUT2D eigenvalue weighted by Gasteiger charge is 2.15. The van der Waals surface area contributed by atoms with Gasteiger partial charge in [-0.2, -0.15) is 10.5 Å². The smallest absolute Gasteiger partial charge is 0.0998 e. The van der Waals surface area contributed by atoms with E-state index in [9.17, 15) is 10.5 Å². The van der Waals surface area contributed by atoms with Crippen LogP contribution in [0.4, 0.5) is 11.4 Å². The molecule has 5 rings (SSSR count). The van der Waals surface area contributed by atoms with Crippen molar-refractivity contribution in [2.45, 2.75) is 0 Å². The van der Waals surface area contributed by atoms with E-state index in [4.69, 9.17) is 0 Å². The van der Waals surface area contributed by atoms with Crippen LogP contribution >= 0.6 is 0 Å². The fourth-order valence-corrected chi connectivity index (χ4v) is 5.16. The second-order valence-corrected chi connectivity index (χ2v) is 11.0. The van der Waals surface area contributed by atoms with Crippen LogP contribution in [0.25, 0.3) is 45.6 Å². The van der Waals surface area contributed by atoms with Gasteiger partial charge in [-0.1, -0.05) is 84.9 Å². The number of nitriles is 2. The largest absolute Gasteiger partial charge is 0.378 e. The molecule has 0 amide bonds. The van der Waals surface area contributed by atoms with Crippen LogP contribution in [0.3, 0.4) is 0 Å². The number of allylic oxidation sites excluding steroid dienone is 2. The van der Waals surface area contributed by atoms with Crippen LogP contribution in [0.2, 0.25) is 0 Å². The third-order valence-corrected chi connectivity index (χ3v) is 7.62. The van der Waals surface area contributed by atoms with Crippen molar-refractivity contribution in [3.8, 4) is 34.4 Å². The highest BCUT2D eigenvalue weighted by atomic mass is 15.1. The third kappa shape index (κ3) is 6.62. The lowest BCUT2D eigenvalue weighted by Gasteiger charge is -2.18. The van der Waals surface area contributed by atoms with Gasteiger partial charge in [0.25, 0.3) is 0 Å². The quantitative estimate of drug-likeness (QED) is 0.138. The summed E-state index contributed by atoms with van der Waals surface area (Å²) in [7, 11) is 8.09. The van der Waals surface area contributed by atoms with Crippen LogP contribution < -0.4 is 9.80 Å². The molecule has 0 fully saturated rings. The predicted molar refractivity (Wildman–Crippen MR) is 186 cm³/mol. The molecule has 0 aromatic heterocycles. The van der Waals surface area contributed by atoms with Gasteiger partial charge in [-0.25, -0.2) is 0 Å². The van der Waals surface area contributed by atoms with Gasteiger partial charge in [0, 0.05) is 39.6 Å². The molecule has 4 nitrogen and oxygen atoms in total. The summed E-state index contributed by atoms with van der Waals surface area (Å²) >= 11 is 0. The Hall–Kier alpha value is -5.84. The molecule has 0 N–H and O–H groups in total. The van der Waals surface area contributed by atoms with E-state index in [-0.39, 0.29) is 0 Å². The summed E-state index contributed by atoms with van der Waals surface area (Å²) in [6.07, 6.45) is 3.94. The molecule has 0 atom stereocenters. The third-order valence-electron chi connectivity index (χ3n) is 7.62. The molecular weight excluding hydrogens is 536 g/mol. The van der Waals surface area contributed by atoms with E-state index >= 15 is 0 Å². The maximum Gasteiger partial charge on any atom is 0.0998 e. The van der Waals surface area contributed by atoms with E-state index < -0.39 is 0 Å². The lowest BCUT2D eigenvalue weighted by atomic mass is 9.88. The molecule has 5 aromatic rings. The first-order valence-electron chi connectivity index (χ1n) is 14.5. The number of hydrogen-bond acceptors (Lipinski definition) is 4. The average Bonchev–Trinajstić information content (AvgIpc) is 3.07. The molecular formula is C40H34N4. The molecule has 4 heteroatoms. The van der Waals surface area contributed by atoms with Crippen LogP contribution in [0.1, 0.15) is 22.3 Å². The van der Waals surface area contributed by atoms with Gasteiger partial charge in [-0.15, -0.1) is 0 Å². The summed E-state index contributed by atoms with van der Waals surface area (Å²) in [6.45, 7) is 0. The molecule has 0 saturated heterocycles. The minimum Gasteiger partial charge on any atom is -0.378 e. The van der Waals surface area contributed by atoms with Crippen molar-refractivity contribution in [1.29, 1.82) is 10.5 Å². The Kier molecular flexibility index (Phi) is 9.05. The van der Waals surface area contributed by atoms with E-state index in [1.54, 1.807) is 0 Å². The summed E-state index contributed by atoms with van der Waals surface area (Å²) in [5.41, 5.74) is 10.9. The average molecular weight is 571 g/mol. The molecule has 214 valence electrons. The van der Waals surface area contributed by atoms with E-state index in [1.807, 2.05) is 101 Å². The second kappa shape index (κ2) is 13.4. The number of rotatable bonds is 8. The summed E-state index contributed by atoms with van der Waals surface area (Å²) < 4.78 is 0. The van der Waals surface area contributed by atoms with Gasteiger partial charge in [0.05, 0.1) is 23.3 Å². The van der Waals surface area contributed by atoms with Crippen molar-refractivity contribution >= 4 is 34.7 Å². The molecule has 0 aliphatic carbocycles. The Morgan fingerprint density at radius 1 is 0.500 bits per heavy atom. The van der Waals surface area contributed by atoms with Crippen molar-refractivity contribution in [2.75, 3.05) is 38.0 Å². The first kappa shape index (κ1) is 29.6. The number of nitrogens with zero attached hydrogens (tertiary/aromatic N) is 4. The Labute approximate surface area is 260 Å². The monoisotopic (exact) mass is 570 g/mol. The van der Waals surface area contributed by atoms with Crippen LogP contribution in [-0.4, -0.2) is 28.2 Å². The van der Waals surface area contributed by atoms with Crippen molar-refractivity contribution in [3.63, 3.8) is 0 Å². The van der Waals surface area contributed by atoms with E-state index in [2.05, 4.69) is 82.6 Å². The number of benzene rings is 5. The first-order valence-corrected chi connectivity index (χ1v) is 14.5. The maximum atomic E-state index is 10.2. The molecule has 0 aliphatic heterocycles. The van der Waals surface area contributed by atoms with Gasteiger partial charge in [0.1, 0.15) is 0 Å². The minimum absolute atomic E-state index is 0.580. The van der Waals surface area contributed by atoms with Crippen LogP contribution in [0, 0.1) is 22.7 Å². The molecule has 0 unspecified atom stereocenters. The van der Waals surface area contributed by atoms with E-state index in [1.165, 1.54) is 0 Å². The second-order valence-electron chi connectivity index (χ2n) is 11.0. The minimum atomic E-state index is 0.580. The molecule has 0 aliphatic rings. The normalized spacial score (nSPS) is 11.4. The number of anilines is 2. The van der Waals surface area contributed by atoms with Crippen molar-refractivity contribution in [2.24, 2.45) is 0 Å². The van der Waals surface area contributed by atoms with Crippen molar-refractivity contribution in [3.05, 3.63) is 144 Å². The van der Waals surface area contributed by atoms with Crippen LogP contribution in [0.5, 0.6) is 0 Å². The van der Waals surface area contributed by atoms with Crippen molar-refractivity contribution in [1.82, 2.24) is 0 Å². The Bertz CT molecular complexity index is 1740. The molecule has 0 radical (unpaired) electrons. The zero-order valence-corrected chi connectivity index (χ0v) is 25.5. The van der Waals surface area contributed by atoms with Gasteiger partial charge in [0.2, 0.25) is 0 Å². The SMILES string of the molecule is CN(C)c1ccc(-c2cc(/C=C(/C#N)c3ccccc3)c(-c3ccc(N(C)C)cc3)cc2/C=C(/C#N)c2ccccc2)cc1. The zero-order chi connectivity index (χ0) is 31.1. The van der Waals surface area contributed by atoms with Gasteiger partial charge >= 0.3 is 0 Å². The Balaban J connectivity index is 1.81. The summed E-state index contributed by atoms with van der Waals surface area (Å²) in [5.74, 6) is 0. The molecule has 5 aromatic carbocycles. The Morgan fingerprint density at radius 3 is 1.14 bits per heavy atom. The highest BCUT2D eigenvalue weighted by molar-refractivity contribution is 5.98. The molecule has 0 spiro atoms. The van der Waals surface area contributed by atoms with E-state index in [0.717, 1.165) is 55.9 Å². The summed E-state index contributed by atoms with van der Waals surface area (Å²) in [5, 5.41) is 20.5. The summed E-state index contributed by atoms with van der Waals surface area (Å²) in [6, 6.07) is 45.5. The Morgan fingerprint density at radius 2 is 0.841 bits per heavy atom. The predicted octanol–water partition coefficient (Wildman–Crippen LogP) is 9.28. The standard InChI is InChI=1S/C40H34N4/c1-43(2)37-19-15-31(16-20-37)39-25-34(24-36(28-42)30-13-9-6-10-14-30)40(32-17-21-38(22-18-32)44(3)4)26-33(39)23-35(27-41)29-11-7-5-8-12-29/h5-26H,1-4H3/b35-23-,36-24-. The zero-order valence-electron chi connectivity index (χ0n) is 25.5. The van der Waals surface area contributed by atoms with Gasteiger partial charge in [-0.05, 0) is 93.1 Å². The molecule has 0 heterocycles. The number of hydrogen-bond donors (Lipinski definition) is 0. The highest BCUT2D eigenvalue weighted by Crippen LogP contribution is 2.37. The fraction of sp³-hybridized carbons (Fsp3) is 0.100. The lowest BCUT2D eigenvalue weighted by Crippen LogP contribution is -2.08. The van der Waals surface area contributed by atoms with Gasteiger partial charge in [0.15, 0.2) is 0 Å². The van der Waals surface area contributed by atoms with Crippen LogP contribution in [-0.2, 0) is 0 Å². The topological polar surface area (TPSA) is 54.1 Å². The van der Waals surface area contributed by atoms with Crippen molar-refractivity contribution < 1.29 is 0 Å². The molecule has 0 saturated carbocycles. The summed E-state index contributed by atoms with van der Waals surface area (Å²) in [4.78, 5) is 4.14. The van der Waals surface area contributed by atoms with Gasteiger partial charge in [-0.3, -0.25) is 0 Å². The lowest BCUT2D eigenvalue weighted by molar-refractivity contribution is 1.13.